The summed E-state index contributed by atoms with van der Waals surface area (Å²) < 4.78 is 0. The molecule has 0 saturated carbocycles. The van der Waals surface area contributed by atoms with Crippen LogP contribution in [0.3, 0.4) is 0 Å². The molecule has 0 fully saturated rings. The number of anilines is 1. The monoisotopic (exact) mass is 418 g/mol. The Kier molecular flexibility index (Phi) is 4.89. The summed E-state index contributed by atoms with van der Waals surface area (Å²) in [5.41, 5.74) is 13.5. The summed E-state index contributed by atoms with van der Waals surface area (Å²) >= 11 is 0. The van der Waals surface area contributed by atoms with Gasteiger partial charge in [-0.25, -0.2) is 4.99 Å². The van der Waals surface area contributed by atoms with Crippen LogP contribution in [0.15, 0.2) is 65.7 Å². The Morgan fingerprint density at radius 2 is 1.25 bits per heavy atom. The van der Waals surface area contributed by atoms with Crippen LogP contribution < -0.4 is 5.32 Å². The van der Waals surface area contributed by atoms with E-state index in [1.54, 1.807) is 0 Å². The molecule has 0 aromatic heterocycles. The summed E-state index contributed by atoms with van der Waals surface area (Å²) in [5.74, 6) is 0. The molecule has 0 aliphatic heterocycles. The van der Waals surface area contributed by atoms with Crippen LogP contribution in [0.5, 0.6) is 0 Å². The molecule has 2 nitrogen and oxygen atoms in total. The maximum Gasteiger partial charge on any atom is 0.0953 e. The van der Waals surface area contributed by atoms with Crippen LogP contribution in [-0.2, 0) is 0 Å². The second-order valence-electron chi connectivity index (χ2n) is 9.35. The van der Waals surface area contributed by atoms with Crippen molar-refractivity contribution in [1.82, 2.24) is 0 Å². The number of nitrogens with one attached hydrogen (secondary N) is 1. The Morgan fingerprint density at radius 3 is 1.88 bits per heavy atom. The highest BCUT2D eigenvalue weighted by Gasteiger charge is 2.31. The van der Waals surface area contributed by atoms with Gasteiger partial charge >= 0.3 is 0 Å². The van der Waals surface area contributed by atoms with Crippen LogP contribution in [0.2, 0.25) is 0 Å². The number of benzene rings is 4. The van der Waals surface area contributed by atoms with Crippen molar-refractivity contribution < 1.29 is 0 Å². The van der Waals surface area contributed by atoms with E-state index >= 15 is 0 Å². The van der Waals surface area contributed by atoms with E-state index in [2.05, 4.69) is 108 Å². The molecule has 0 bridgehead atoms. The van der Waals surface area contributed by atoms with E-state index in [0.717, 1.165) is 11.4 Å². The number of aryl methyl sites for hydroxylation is 6. The molecule has 0 radical (unpaired) electrons. The molecule has 5 rings (SSSR count). The molecule has 0 spiro atoms. The van der Waals surface area contributed by atoms with Crippen LogP contribution in [-0.4, -0.2) is 5.71 Å². The number of rotatable bonds is 3. The minimum absolute atomic E-state index is 0.0105. The molecule has 1 atom stereocenters. The minimum Gasteiger partial charge on any atom is -0.372 e. The van der Waals surface area contributed by atoms with Crippen molar-refractivity contribution >= 4 is 27.9 Å². The standard InChI is InChI=1S/C30H30N2/c1-17-13-19(3)27(20(4)14-17)31-29-24-11-7-9-23-10-8-12-25(26(23)24)30(29)32-28-21(5)15-18(2)16-22(28)6/h7-16,29,31H,1-6H3. The van der Waals surface area contributed by atoms with Gasteiger partial charge in [0.05, 0.1) is 17.4 Å². The van der Waals surface area contributed by atoms with Crippen molar-refractivity contribution in [1.29, 1.82) is 0 Å². The summed E-state index contributed by atoms with van der Waals surface area (Å²) in [4.78, 5) is 5.35. The fourth-order valence-electron chi connectivity index (χ4n) is 5.42. The fraction of sp³-hybridized carbons (Fsp3) is 0.233. The molecule has 1 aliphatic carbocycles. The van der Waals surface area contributed by atoms with Crippen molar-refractivity contribution in [2.75, 3.05) is 5.32 Å². The highest BCUT2D eigenvalue weighted by atomic mass is 15.0. The molecular formula is C30H30N2. The second-order valence-corrected chi connectivity index (χ2v) is 9.35. The number of nitrogens with zero attached hydrogens (tertiary/aromatic N) is 1. The van der Waals surface area contributed by atoms with E-state index in [0.29, 0.717) is 0 Å². The zero-order valence-corrected chi connectivity index (χ0v) is 19.8. The minimum atomic E-state index is 0.0105. The maximum atomic E-state index is 5.35. The smallest absolute Gasteiger partial charge is 0.0953 e. The van der Waals surface area contributed by atoms with Gasteiger partial charge in [0.15, 0.2) is 0 Å². The van der Waals surface area contributed by atoms with E-state index in [4.69, 9.17) is 4.99 Å². The Labute approximate surface area is 191 Å². The fourth-order valence-corrected chi connectivity index (χ4v) is 5.42. The summed E-state index contributed by atoms with van der Waals surface area (Å²) in [5, 5.41) is 6.49. The zero-order valence-electron chi connectivity index (χ0n) is 19.8. The third kappa shape index (κ3) is 3.31. The SMILES string of the molecule is Cc1cc(C)c(N=C2c3cccc4cccc(c34)C2Nc2c(C)cc(C)cc2C)c(C)c1. The molecule has 4 aromatic carbocycles. The third-order valence-electron chi connectivity index (χ3n) is 6.63. The molecule has 32 heavy (non-hydrogen) atoms. The Balaban J connectivity index is 1.74. The Bertz CT molecular complexity index is 1360. The first-order valence-electron chi connectivity index (χ1n) is 11.4. The van der Waals surface area contributed by atoms with Gasteiger partial charge in [-0.15, -0.1) is 0 Å². The van der Waals surface area contributed by atoms with Crippen LogP contribution in [0.4, 0.5) is 11.4 Å². The van der Waals surface area contributed by atoms with Gasteiger partial charge in [0.2, 0.25) is 0 Å². The van der Waals surface area contributed by atoms with Crippen LogP contribution >= 0.6 is 0 Å². The normalized spacial score (nSPS) is 16.2. The highest BCUT2D eigenvalue weighted by Crippen LogP contribution is 2.42. The molecule has 160 valence electrons. The Hall–Kier alpha value is -3.39. The van der Waals surface area contributed by atoms with Gasteiger partial charge in [0, 0.05) is 11.3 Å². The van der Waals surface area contributed by atoms with E-state index < -0.39 is 0 Å². The van der Waals surface area contributed by atoms with Gasteiger partial charge in [-0.05, 0) is 80.1 Å². The predicted molar refractivity (Wildman–Crippen MR) is 138 cm³/mol. The van der Waals surface area contributed by atoms with E-state index in [1.165, 1.54) is 61.0 Å². The average molecular weight is 419 g/mol. The maximum absolute atomic E-state index is 5.35. The van der Waals surface area contributed by atoms with Crippen LogP contribution in [0.25, 0.3) is 10.8 Å². The topological polar surface area (TPSA) is 24.4 Å². The number of hydrogen-bond donors (Lipinski definition) is 1. The average Bonchev–Trinajstić information content (AvgIpc) is 3.02. The molecule has 1 N–H and O–H groups in total. The van der Waals surface area contributed by atoms with Gasteiger partial charge in [0.1, 0.15) is 0 Å². The largest absolute Gasteiger partial charge is 0.372 e. The first kappa shape index (κ1) is 20.5. The molecular weight excluding hydrogens is 388 g/mol. The predicted octanol–water partition coefficient (Wildman–Crippen LogP) is 7.98. The summed E-state index contributed by atoms with van der Waals surface area (Å²) in [7, 11) is 0. The van der Waals surface area contributed by atoms with Crippen LogP contribution in [0, 0.1) is 41.5 Å². The van der Waals surface area contributed by atoms with Crippen molar-refractivity contribution in [2.45, 2.75) is 47.6 Å². The Morgan fingerprint density at radius 1 is 0.688 bits per heavy atom. The lowest BCUT2D eigenvalue weighted by molar-refractivity contribution is 1.05. The van der Waals surface area contributed by atoms with E-state index in [9.17, 15) is 0 Å². The first-order valence-corrected chi connectivity index (χ1v) is 11.4. The van der Waals surface area contributed by atoms with Crippen molar-refractivity contribution in [2.24, 2.45) is 4.99 Å². The van der Waals surface area contributed by atoms with Crippen molar-refractivity contribution in [3.8, 4) is 0 Å². The van der Waals surface area contributed by atoms with Gasteiger partial charge in [-0.1, -0.05) is 71.8 Å². The molecule has 1 aliphatic rings. The van der Waals surface area contributed by atoms with Gasteiger partial charge < -0.3 is 5.32 Å². The summed E-state index contributed by atoms with van der Waals surface area (Å²) in [6.07, 6.45) is 0. The summed E-state index contributed by atoms with van der Waals surface area (Å²) in [6.45, 7) is 13.0. The first-order chi connectivity index (χ1) is 15.3. The summed E-state index contributed by atoms with van der Waals surface area (Å²) in [6, 6.07) is 22.2. The van der Waals surface area contributed by atoms with Gasteiger partial charge in [-0.2, -0.15) is 0 Å². The molecule has 4 aromatic rings. The molecule has 2 heteroatoms. The van der Waals surface area contributed by atoms with Gasteiger partial charge in [0.25, 0.3) is 0 Å². The van der Waals surface area contributed by atoms with Crippen LogP contribution in [0.1, 0.15) is 50.5 Å². The molecule has 1 unspecified atom stereocenters. The number of aliphatic imine (C=N–C) groups is 1. The third-order valence-corrected chi connectivity index (χ3v) is 6.63. The molecule has 0 amide bonds. The molecule has 0 heterocycles. The van der Waals surface area contributed by atoms with Crippen molar-refractivity contribution in [3.63, 3.8) is 0 Å². The lowest BCUT2D eigenvalue weighted by Crippen LogP contribution is -2.18. The zero-order chi connectivity index (χ0) is 22.6. The quantitative estimate of drug-likeness (QED) is 0.358. The lowest BCUT2D eigenvalue weighted by Gasteiger charge is -2.22. The lowest BCUT2D eigenvalue weighted by atomic mass is 10.0. The number of hydrogen-bond acceptors (Lipinski definition) is 2. The van der Waals surface area contributed by atoms with E-state index in [-0.39, 0.29) is 6.04 Å². The highest BCUT2D eigenvalue weighted by molar-refractivity contribution is 6.22. The second kappa shape index (κ2) is 7.63. The van der Waals surface area contributed by atoms with Crippen molar-refractivity contribution in [3.05, 3.63) is 105 Å². The van der Waals surface area contributed by atoms with E-state index in [1.807, 2.05) is 0 Å². The van der Waals surface area contributed by atoms with Gasteiger partial charge in [-0.3, -0.25) is 0 Å². The molecule has 0 saturated heterocycles.